The van der Waals surface area contributed by atoms with Crippen molar-refractivity contribution in [2.45, 2.75) is 4.90 Å². The topological polar surface area (TPSA) is 117 Å². The van der Waals surface area contributed by atoms with Gasteiger partial charge in [0.25, 0.3) is 0 Å². The number of hydrogen-bond donors (Lipinski definition) is 1. The van der Waals surface area contributed by atoms with E-state index in [4.69, 9.17) is 0 Å². The second-order valence-corrected chi connectivity index (χ2v) is 9.32. The van der Waals surface area contributed by atoms with Gasteiger partial charge in [0.15, 0.2) is 0 Å². The van der Waals surface area contributed by atoms with Gasteiger partial charge in [0.2, 0.25) is 10.0 Å². The van der Waals surface area contributed by atoms with E-state index in [-0.39, 0.29) is 4.90 Å². The molecule has 12 heteroatoms. The highest BCUT2D eigenvalue weighted by molar-refractivity contribution is 7.89. The summed E-state index contributed by atoms with van der Waals surface area (Å²) in [6.07, 6.45) is 3.19. The van der Waals surface area contributed by atoms with Crippen LogP contribution < -0.4 is 10.2 Å². The van der Waals surface area contributed by atoms with E-state index >= 15 is 0 Å². The fourth-order valence-electron chi connectivity index (χ4n) is 3.44. The summed E-state index contributed by atoms with van der Waals surface area (Å²) in [7, 11) is -3.66. The molecule has 0 saturated carbocycles. The molecule has 1 N–H and O–H groups in total. The molecule has 0 amide bonds. The highest BCUT2D eigenvalue weighted by Crippen LogP contribution is 2.26. The molecule has 1 aliphatic heterocycles. The number of sulfonamides is 1. The molecule has 31 heavy (non-hydrogen) atoms. The standard InChI is InChI=1S/C19H18N8O2S2/c28-31(29,15-5-3-4-14-19(15)25-30-24-14)27-10-8-26(9-11-27)18-12-17(21-13-22-18)23-16-6-1-2-7-20-16/h1-7,12-13H,8-11H2,(H,20,21,22,23). The van der Waals surface area contributed by atoms with Crippen molar-refractivity contribution in [3.63, 3.8) is 0 Å². The lowest BCUT2D eigenvalue weighted by molar-refractivity contribution is 0.384. The first-order chi connectivity index (χ1) is 15.1. The zero-order chi connectivity index (χ0) is 21.3. The van der Waals surface area contributed by atoms with E-state index in [2.05, 4.69) is 29.0 Å². The molecule has 4 heterocycles. The van der Waals surface area contributed by atoms with Crippen LogP contribution in [0.3, 0.4) is 0 Å². The van der Waals surface area contributed by atoms with Gasteiger partial charge in [-0.1, -0.05) is 12.1 Å². The Labute approximate surface area is 183 Å². The van der Waals surface area contributed by atoms with Gasteiger partial charge in [0, 0.05) is 38.4 Å². The van der Waals surface area contributed by atoms with Gasteiger partial charge in [0.05, 0.1) is 11.7 Å². The molecule has 0 atom stereocenters. The third kappa shape index (κ3) is 3.92. The van der Waals surface area contributed by atoms with Crippen molar-refractivity contribution in [3.05, 3.63) is 55.0 Å². The minimum Gasteiger partial charge on any atom is -0.354 e. The van der Waals surface area contributed by atoms with E-state index in [1.807, 2.05) is 29.2 Å². The lowest BCUT2D eigenvalue weighted by atomic mass is 10.3. The van der Waals surface area contributed by atoms with Crippen LogP contribution in [0.4, 0.5) is 17.5 Å². The molecule has 0 spiro atoms. The Morgan fingerprint density at radius 3 is 2.58 bits per heavy atom. The Balaban J connectivity index is 1.30. The van der Waals surface area contributed by atoms with Gasteiger partial charge in [-0.3, -0.25) is 0 Å². The van der Waals surface area contributed by atoms with Crippen LogP contribution >= 0.6 is 11.7 Å². The Morgan fingerprint density at radius 1 is 0.903 bits per heavy atom. The normalized spacial score (nSPS) is 15.3. The molecule has 0 bridgehead atoms. The van der Waals surface area contributed by atoms with Gasteiger partial charge < -0.3 is 10.2 Å². The van der Waals surface area contributed by atoms with E-state index in [0.717, 1.165) is 17.5 Å². The maximum atomic E-state index is 13.2. The minimum atomic E-state index is -3.66. The molecule has 1 saturated heterocycles. The minimum absolute atomic E-state index is 0.205. The maximum Gasteiger partial charge on any atom is 0.245 e. The van der Waals surface area contributed by atoms with Crippen LogP contribution in [-0.4, -0.2) is 62.6 Å². The molecule has 1 fully saturated rings. The molecular formula is C19H18N8O2S2. The van der Waals surface area contributed by atoms with Gasteiger partial charge in [-0.2, -0.15) is 13.1 Å². The van der Waals surface area contributed by atoms with Crippen molar-refractivity contribution >= 4 is 50.2 Å². The summed E-state index contributed by atoms with van der Waals surface area (Å²) in [6.45, 7) is 1.74. The van der Waals surface area contributed by atoms with Crippen LogP contribution in [0.15, 0.2) is 59.9 Å². The molecule has 4 aromatic rings. The first kappa shape index (κ1) is 19.7. The summed E-state index contributed by atoms with van der Waals surface area (Å²) in [5.74, 6) is 2.05. The van der Waals surface area contributed by atoms with Crippen molar-refractivity contribution in [2.24, 2.45) is 0 Å². The Morgan fingerprint density at radius 2 is 1.77 bits per heavy atom. The highest BCUT2D eigenvalue weighted by Gasteiger charge is 2.31. The largest absolute Gasteiger partial charge is 0.354 e. The predicted octanol–water partition coefficient (Wildman–Crippen LogP) is 2.13. The summed E-state index contributed by atoms with van der Waals surface area (Å²) < 4.78 is 36.2. The second-order valence-electron chi connectivity index (χ2n) is 6.88. The summed E-state index contributed by atoms with van der Waals surface area (Å²) in [6, 6.07) is 12.5. The molecule has 158 valence electrons. The quantitative estimate of drug-likeness (QED) is 0.484. The summed E-state index contributed by atoms with van der Waals surface area (Å²) in [5.41, 5.74) is 1.02. The number of hydrogen-bond acceptors (Lipinski definition) is 10. The Bertz CT molecular complexity index is 1300. The van der Waals surface area contributed by atoms with E-state index in [1.165, 1.54) is 10.6 Å². The molecule has 0 aliphatic carbocycles. The zero-order valence-electron chi connectivity index (χ0n) is 16.3. The molecule has 1 aliphatic rings. The SMILES string of the molecule is O=S(=O)(c1cccc2nsnc12)N1CCN(c2cc(Nc3ccccn3)ncn2)CC1. The van der Waals surface area contributed by atoms with Crippen LogP contribution in [0.5, 0.6) is 0 Å². The number of piperazine rings is 1. The number of rotatable bonds is 5. The van der Waals surface area contributed by atoms with Gasteiger partial charge in [0.1, 0.15) is 39.7 Å². The van der Waals surface area contributed by atoms with E-state index in [0.29, 0.717) is 48.8 Å². The van der Waals surface area contributed by atoms with Crippen molar-refractivity contribution < 1.29 is 8.42 Å². The van der Waals surface area contributed by atoms with Crippen molar-refractivity contribution in [3.8, 4) is 0 Å². The summed E-state index contributed by atoms with van der Waals surface area (Å²) >= 11 is 1.01. The van der Waals surface area contributed by atoms with E-state index in [1.54, 1.807) is 24.4 Å². The summed E-state index contributed by atoms with van der Waals surface area (Å²) in [4.78, 5) is 15.1. The number of aromatic nitrogens is 5. The number of fused-ring (bicyclic) bond motifs is 1. The number of benzene rings is 1. The molecule has 0 radical (unpaired) electrons. The highest BCUT2D eigenvalue weighted by atomic mass is 32.2. The number of nitrogens with zero attached hydrogens (tertiary/aromatic N) is 7. The Kier molecular flexibility index (Phi) is 5.18. The average Bonchev–Trinajstić information content (AvgIpc) is 3.29. The third-order valence-corrected chi connectivity index (χ3v) is 7.48. The lowest BCUT2D eigenvalue weighted by Crippen LogP contribution is -2.49. The fourth-order valence-corrected chi connectivity index (χ4v) is 5.62. The van der Waals surface area contributed by atoms with Crippen LogP contribution in [-0.2, 0) is 10.0 Å². The van der Waals surface area contributed by atoms with Gasteiger partial charge in [-0.25, -0.2) is 23.4 Å². The van der Waals surface area contributed by atoms with Crippen molar-refractivity contribution in [1.29, 1.82) is 0 Å². The smallest absolute Gasteiger partial charge is 0.245 e. The number of anilines is 3. The first-order valence-corrected chi connectivity index (χ1v) is 11.7. The van der Waals surface area contributed by atoms with Crippen LogP contribution in [0.25, 0.3) is 11.0 Å². The van der Waals surface area contributed by atoms with E-state index < -0.39 is 10.0 Å². The summed E-state index contributed by atoms with van der Waals surface area (Å²) in [5, 5.41) is 3.15. The van der Waals surface area contributed by atoms with Crippen molar-refractivity contribution in [2.75, 3.05) is 36.4 Å². The predicted molar refractivity (Wildman–Crippen MR) is 118 cm³/mol. The second kappa shape index (κ2) is 8.13. The van der Waals surface area contributed by atoms with Gasteiger partial charge >= 0.3 is 0 Å². The molecule has 5 rings (SSSR count). The van der Waals surface area contributed by atoms with E-state index in [9.17, 15) is 8.42 Å². The van der Waals surface area contributed by atoms with Crippen LogP contribution in [0, 0.1) is 0 Å². The van der Waals surface area contributed by atoms with Gasteiger partial charge in [-0.05, 0) is 24.3 Å². The molecular weight excluding hydrogens is 436 g/mol. The molecule has 0 unspecified atom stereocenters. The van der Waals surface area contributed by atoms with Crippen molar-refractivity contribution in [1.82, 2.24) is 28.0 Å². The first-order valence-electron chi connectivity index (χ1n) is 9.58. The van der Waals surface area contributed by atoms with Crippen LogP contribution in [0.2, 0.25) is 0 Å². The number of pyridine rings is 1. The monoisotopic (exact) mass is 454 g/mol. The fraction of sp³-hybridized carbons (Fsp3) is 0.211. The van der Waals surface area contributed by atoms with Gasteiger partial charge in [-0.15, -0.1) is 0 Å². The third-order valence-electron chi connectivity index (χ3n) is 5.00. The van der Waals surface area contributed by atoms with Crippen LogP contribution in [0.1, 0.15) is 0 Å². The average molecular weight is 455 g/mol. The lowest BCUT2D eigenvalue weighted by Gasteiger charge is -2.34. The Hall–Kier alpha value is -3.22. The molecule has 3 aromatic heterocycles. The number of nitrogens with one attached hydrogen (secondary N) is 1. The zero-order valence-corrected chi connectivity index (χ0v) is 17.9. The molecule has 1 aromatic carbocycles. The maximum absolute atomic E-state index is 13.2. The molecule has 10 nitrogen and oxygen atoms in total.